The number of H-pyrrole nitrogens is 1. The first-order valence-corrected chi connectivity index (χ1v) is 9.76. The summed E-state index contributed by atoms with van der Waals surface area (Å²) in [5.41, 5.74) is 2.01. The number of para-hydroxylation sites is 1. The molecule has 2 N–H and O–H groups in total. The lowest BCUT2D eigenvalue weighted by Crippen LogP contribution is -2.44. The summed E-state index contributed by atoms with van der Waals surface area (Å²) in [5.74, 6) is -0.122. The number of hydrogen-bond acceptors (Lipinski definition) is 4. The Morgan fingerprint density at radius 1 is 1.32 bits per heavy atom. The molecule has 0 aliphatic heterocycles. The van der Waals surface area contributed by atoms with Gasteiger partial charge in [-0.1, -0.05) is 31.0 Å². The molecule has 0 unspecified atom stereocenters. The number of rotatable bonds is 7. The molecule has 0 saturated heterocycles. The van der Waals surface area contributed by atoms with Gasteiger partial charge in [-0.2, -0.15) is 0 Å². The van der Waals surface area contributed by atoms with Gasteiger partial charge in [-0.3, -0.25) is 4.79 Å². The molecule has 25 heavy (non-hydrogen) atoms. The van der Waals surface area contributed by atoms with Gasteiger partial charge < -0.3 is 15.0 Å². The lowest BCUT2D eigenvalue weighted by atomic mass is 10.0. The minimum Gasteiger partial charge on any atom is -0.467 e. The third-order valence-electron chi connectivity index (χ3n) is 4.67. The maximum atomic E-state index is 12.3. The molecule has 1 atom stereocenters. The largest absolute Gasteiger partial charge is 0.467 e. The fourth-order valence-corrected chi connectivity index (χ4v) is 4.48. The number of esters is 1. The average molecular weight is 360 g/mol. The highest BCUT2D eigenvalue weighted by Crippen LogP contribution is 2.29. The van der Waals surface area contributed by atoms with E-state index in [0.29, 0.717) is 17.4 Å². The Morgan fingerprint density at radius 2 is 2.08 bits per heavy atom. The highest BCUT2D eigenvalue weighted by molar-refractivity contribution is 8.00. The number of benzene rings is 1. The van der Waals surface area contributed by atoms with E-state index in [4.69, 9.17) is 4.74 Å². The zero-order valence-electron chi connectivity index (χ0n) is 14.4. The standard InChI is InChI=1S/C19H24N2O3S/c1-24-19(23)17(21-18(22)12-25-14-6-2-3-7-14)10-13-11-20-16-9-5-4-8-15(13)16/h4-5,8-9,11,14,17,20H,2-3,6-7,10,12H2,1H3,(H,21,22)/t17-/m1/s1. The molecule has 1 saturated carbocycles. The number of aromatic amines is 1. The second-order valence-corrected chi connectivity index (χ2v) is 7.71. The summed E-state index contributed by atoms with van der Waals surface area (Å²) in [4.78, 5) is 27.6. The molecule has 5 nitrogen and oxygen atoms in total. The fourth-order valence-electron chi connectivity index (χ4n) is 3.34. The van der Waals surface area contributed by atoms with Crippen molar-refractivity contribution in [2.45, 2.75) is 43.4 Å². The van der Waals surface area contributed by atoms with Gasteiger partial charge >= 0.3 is 5.97 Å². The lowest BCUT2D eigenvalue weighted by Gasteiger charge is -2.17. The molecule has 0 bridgehead atoms. The molecule has 1 aliphatic rings. The van der Waals surface area contributed by atoms with E-state index in [2.05, 4.69) is 10.3 Å². The summed E-state index contributed by atoms with van der Waals surface area (Å²) >= 11 is 1.69. The van der Waals surface area contributed by atoms with Crippen molar-refractivity contribution < 1.29 is 14.3 Å². The Bertz CT molecular complexity index is 737. The highest BCUT2D eigenvalue weighted by atomic mass is 32.2. The number of nitrogens with one attached hydrogen (secondary N) is 2. The number of amides is 1. The van der Waals surface area contributed by atoms with Crippen LogP contribution < -0.4 is 5.32 Å². The zero-order valence-corrected chi connectivity index (χ0v) is 15.2. The van der Waals surface area contributed by atoms with Gasteiger partial charge in [0.05, 0.1) is 12.9 Å². The number of aromatic nitrogens is 1. The van der Waals surface area contributed by atoms with Gasteiger partial charge in [-0.25, -0.2) is 4.79 Å². The number of hydrogen-bond donors (Lipinski definition) is 2. The molecule has 1 aliphatic carbocycles. The number of thioether (sulfide) groups is 1. The minimum atomic E-state index is -0.666. The smallest absolute Gasteiger partial charge is 0.328 e. The van der Waals surface area contributed by atoms with Crippen LogP contribution in [-0.4, -0.2) is 41.0 Å². The van der Waals surface area contributed by atoms with Crippen LogP contribution >= 0.6 is 11.8 Å². The van der Waals surface area contributed by atoms with Crippen molar-refractivity contribution >= 4 is 34.5 Å². The minimum absolute atomic E-state index is 0.104. The normalized spacial score (nSPS) is 16.0. The van der Waals surface area contributed by atoms with Crippen LogP contribution in [-0.2, 0) is 20.7 Å². The van der Waals surface area contributed by atoms with E-state index in [9.17, 15) is 9.59 Å². The van der Waals surface area contributed by atoms with Crippen molar-refractivity contribution in [1.82, 2.24) is 10.3 Å². The quantitative estimate of drug-likeness (QED) is 0.745. The molecule has 6 heteroatoms. The Balaban J connectivity index is 1.63. The third-order valence-corrected chi connectivity index (χ3v) is 6.04. The van der Waals surface area contributed by atoms with Crippen molar-refractivity contribution in [3.8, 4) is 0 Å². The maximum absolute atomic E-state index is 12.3. The summed E-state index contributed by atoms with van der Waals surface area (Å²) in [7, 11) is 1.35. The van der Waals surface area contributed by atoms with Crippen LogP contribution in [0.2, 0.25) is 0 Å². The Labute approximate surface area is 151 Å². The molecule has 1 aromatic heterocycles. The predicted octanol–water partition coefficient (Wildman–Crippen LogP) is 3.04. The third kappa shape index (κ3) is 4.57. The van der Waals surface area contributed by atoms with Crippen molar-refractivity contribution in [3.05, 3.63) is 36.0 Å². The molecule has 3 rings (SSSR count). The van der Waals surface area contributed by atoms with Crippen LogP contribution in [0, 0.1) is 0 Å². The van der Waals surface area contributed by atoms with Crippen molar-refractivity contribution in [2.24, 2.45) is 0 Å². The number of methoxy groups -OCH3 is 1. The van der Waals surface area contributed by atoms with E-state index in [1.807, 2.05) is 30.5 Å². The predicted molar refractivity (Wildman–Crippen MR) is 101 cm³/mol. The van der Waals surface area contributed by atoms with Gasteiger partial charge in [0.1, 0.15) is 6.04 Å². The number of fused-ring (bicyclic) bond motifs is 1. The van der Waals surface area contributed by atoms with Crippen molar-refractivity contribution in [1.29, 1.82) is 0 Å². The number of carbonyl (C=O) groups is 2. The van der Waals surface area contributed by atoms with Crippen LogP contribution in [0.15, 0.2) is 30.5 Å². The van der Waals surface area contributed by atoms with E-state index >= 15 is 0 Å². The fraction of sp³-hybridized carbons (Fsp3) is 0.474. The van der Waals surface area contributed by atoms with E-state index in [1.165, 1.54) is 32.8 Å². The molecular formula is C19H24N2O3S. The molecule has 1 fully saturated rings. The summed E-state index contributed by atoms with van der Waals surface area (Å²) in [6.45, 7) is 0. The molecule has 0 spiro atoms. The van der Waals surface area contributed by atoms with Gasteiger partial charge in [0, 0.05) is 28.8 Å². The van der Waals surface area contributed by atoms with Crippen LogP contribution in [0.1, 0.15) is 31.2 Å². The topological polar surface area (TPSA) is 71.2 Å². The van der Waals surface area contributed by atoms with Gasteiger partial charge in [0.15, 0.2) is 0 Å². The monoisotopic (exact) mass is 360 g/mol. The molecule has 134 valence electrons. The first-order valence-electron chi connectivity index (χ1n) is 8.71. The van der Waals surface area contributed by atoms with E-state index < -0.39 is 12.0 Å². The Kier molecular flexibility index (Phi) is 6.02. The highest BCUT2D eigenvalue weighted by Gasteiger charge is 2.24. The summed E-state index contributed by atoms with van der Waals surface area (Å²) in [6.07, 6.45) is 7.19. The second kappa shape index (κ2) is 8.43. The molecule has 0 radical (unpaired) electrons. The molecule has 1 aromatic carbocycles. The van der Waals surface area contributed by atoms with Crippen LogP contribution in [0.4, 0.5) is 0 Å². The molecular weight excluding hydrogens is 336 g/mol. The summed E-state index contributed by atoms with van der Waals surface area (Å²) in [5, 5.41) is 4.49. The molecule has 2 aromatic rings. The number of carbonyl (C=O) groups excluding carboxylic acids is 2. The SMILES string of the molecule is COC(=O)[C@@H](Cc1c[nH]c2ccccc12)NC(=O)CSC1CCCC1. The molecule has 1 amide bonds. The van der Waals surface area contributed by atoms with Crippen LogP contribution in [0.25, 0.3) is 10.9 Å². The van der Waals surface area contributed by atoms with E-state index in [0.717, 1.165) is 16.5 Å². The van der Waals surface area contributed by atoms with Crippen molar-refractivity contribution in [2.75, 3.05) is 12.9 Å². The van der Waals surface area contributed by atoms with Gasteiger partial charge in [0.25, 0.3) is 0 Å². The Morgan fingerprint density at radius 3 is 2.84 bits per heavy atom. The first-order chi connectivity index (χ1) is 12.2. The maximum Gasteiger partial charge on any atom is 0.328 e. The zero-order chi connectivity index (χ0) is 17.6. The second-order valence-electron chi connectivity index (χ2n) is 6.42. The number of ether oxygens (including phenoxy) is 1. The van der Waals surface area contributed by atoms with E-state index in [1.54, 1.807) is 11.8 Å². The average Bonchev–Trinajstić information content (AvgIpc) is 3.29. The van der Waals surface area contributed by atoms with E-state index in [-0.39, 0.29) is 5.91 Å². The lowest BCUT2D eigenvalue weighted by molar-refractivity contribution is -0.144. The summed E-state index contributed by atoms with van der Waals surface area (Å²) < 4.78 is 4.88. The van der Waals surface area contributed by atoms with Crippen LogP contribution in [0.3, 0.4) is 0 Å². The summed E-state index contributed by atoms with van der Waals surface area (Å²) in [6, 6.07) is 7.25. The first kappa shape index (κ1) is 17.9. The van der Waals surface area contributed by atoms with Crippen LogP contribution in [0.5, 0.6) is 0 Å². The van der Waals surface area contributed by atoms with Crippen molar-refractivity contribution in [3.63, 3.8) is 0 Å². The van der Waals surface area contributed by atoms with Gasteiger partial charge in [-0.05, 0) is 24.5 Å². The molecule has 1 heterocycles. The Hall–Kier alpha value is -1.95. The van der Waals surface area contributed by atoms with Gasteiger partial charge in [0.2, 0.25) is 5.91 Å². The van der Waals surface area contributed by atoms with Gasteiger partial charge in [-0.15, -0.1) is 11.8 Å².